The molecule has 3 heterocycles. The van der Waals surface area contributed by atoms with E-state index in [9.17, 15) is 0 Å². The van der Waals surface area contributed by atoms with E-state index >= 15 is 0 Å². The smallest absolute Gasteiger partial charge is 0.120 e. The van der Waals surface area contributed by atoms with Crippen LogP contribution in [-0.2, 0) is 0 Å². The Balaban J connectivity index is 1.66. The Hall–Kier alpha value is -0.0300. The maximum absolute atomic E-state index is 6.30. The molecular weight excluding hydrogens is 244 g/mol. The molecule has 0 aromatic heterocycles. The van der Waals surface area contributed by atoms with Crippen LogP contribution in [0.1, 0.15) is 19.3 Å². The maximum Gasteiger partial charge on any atom is 0.120 e. The van der Waals surface area contributed by atoms with Gasteiger partial charge in [-0.05, 0) is 19.3 Å². The van der Waals surface area contributed by atoms with Gasteiger partial charge < -0.3 is 0 Å². The average molecular weight is 261 g/mol. The fraction of sp³-hybridized carbons (Fsp3) is 1.00. The highest BCUT2D eigenvalue weighted by molar-refractivity contribution is 6.20. The highest BCUT2D eigenvalue weighted by Gasteiger charge is 2.53. The lowest BCUT2D eigenvalue weighted by molar-refractivity contribution is -0.0926. The summed E-state index contributed by atoms with van der Waals surface area (Å²) < 4.78 is 0. The molecule has 0 aromatic rings. The predicted octanol–water partition coefficient (Wildman–Crippen LogP) is -2.16. The molecule has 4 rings (SSSR count). The van der Waals surface area contributed by atoms with Crippen LogP contribution in [0.2, 0.25) is 0 Å². The molecule has 0 aromatic carbocycles. The van der Waals surface area contributed by atoms with Gasteiger partial charge in [0.1, 0.15) is 12.3 Å². The molecule has 0 amide bonds. The first kappa shape index (κ1) is 10.9. The number of hydrogen-bond acceptors (Lipinski definition) is 8. The Labute approximate surface area is 104 Å². The summed E-state index contributed by atoms with van der Waals surface area (Å²) in [4.78, 5) is 0. The summed E-state index contributed by atoms with van der Waals surface area (Å²) in [6.45, 7) is 0. The van der Waals surface area contributed by atoms with Crippen LogP contribution in [0.3, 0.4) is 0 Å². The Kier molecular flexibility index (Phi) is 2.54. The fourth-order valence-electron chi connectivity index (χ4n) is 3.36. The molecule has 5 unspecified atom stereocenters. The minimum absolute atomic E-state index is 0.167. The third kappa shape index (κ3) is 1.54. The molecule has 96 valence electrons. The molecule has 17 heavy (non-hydrogen) atoms. The number of nitrogens with one attached hydrogen (secondary N) is 6. The van der Waals surface area contributed by atoms with Crippen LogP contribution in [0.5, 0.6) is 0 Å². The highest BCUT2D eigenvalue weighted by Crippen LogP contribution is 2.35. The summed E-state index contributed by atoms with van der Waals surface area (Å²) in [5.41, 5.74) is 18.8. The fourth-order valence-corrected chi connectivity index (χ4v) is 3.67. The molecule has 8 nitrogen and oxygen atoms in total. The quantitative estimate of drug-likeness (QED) is 0.275. The van der Waals surface area contributed by atoms with Crippen LogP contribution < -0.4 is 33.0 Å². The summed E-state index contributed by atoms with van der Waals surface area (Å²) in [5, 5.41) is 4.78. The monoisotopic (exact) mass is 260 g/mol. The van der Waals surface area contributed by atoms with E-state index in [1.807, 2.05) is 0 Å². The van der Waals surface area contributed by atoms with Gasteiger partial charge in [-0.15, -0.1) is 11.6 Å². The van der Waals surface area contributed by atoms with E-state index in [1.54, 1.807) is 0 Å². The average Bonchev–Trinajstić information content (AvgIpc) is 2.97. The number of fused-ring (bicyclic) bond motifs is 6. The lowest BCUT2D eigenvalue weighted by Crippen LogP contribution is -2.72. The number of alkyl halides is 1. The minimum Gasteiger partial charge on any atom is -0.221 e. The van der Waals surface area contributed by atoms with Crippen LogP contribution >= 0.6 is 11.6 Å². The molecule has 4 fully saturated rings. The van der Waals surface area contributed by atoms with E-state index in [0.717, 1.165) is 19.3 Å². The van der Waals surface area contributed by atoms with Gasteiger partial charge in [-0.25, -0.2) is 20.9 Å². The second-order valence-corrected chi connectivity index (χ2v) is 5.63. The Morgan fingerprint density at radius 3 is 2.24 bits per heavy atom. The van der Waals surface area contributed by atoms with E-state index < -0.39 is 0 Å². The van der Waals surface area contributed by atoms with Gasteiger partial charge in [-0.1, -0.05) is 0 Å². The van der Waals surface area contributed by atoms with Gasteiger partial charge in [-0.2, -0.15) is 22.1 Å². The van der Waals surface area contributed by atoms with Gasteiger partial charge in [0, 0.05) is 17.5 Å². The molecule has 9 heteroatoms. The lowest BCUT2D eigenvalue weighted by atomic mass is 9.86. The second-order valence-electron chi connectivity index (χ2n) is 5.01. The van der Waals surface area contributed by atoms with Crippen molar-refractivity contribution in [3.8, 4) is 0 Å². The zero-order valence-corrected chi connectivity index (χ0v) is 10.0. The van der Waals surface area contributed by atoms with Crippen LogP contribution in [0.15, 0.2) is 0 Å². The lowest BCUT2D eigenvalue weighted by Gasteiger charge is -2.51. The SMILES string of the molecule is ClC1CCC2C(C1)N1NNNC1C1NNNN21. The van der Waals surface area contributed by atoms with Crippen molar-refractivity contribution in [3.63, 3.8) is 0 Å². The number of rotatable bonds is 0. The molecule has 4 aliphatic rings. The minimum atomic E-state index is 0.167. The summed E-state index contributed by atoms with van der Waals surface area (Å²) in [5.74, 6) is 0. The maximum atomic E-state index is 6.30. The predicted molar refractivity (Wildman–Crippen MR) is 61.1 cm³/mol. The van der Waals surface area contributed by atoms with Gasteiger partial charge in [-0.3, -0.25) is 0 Å². The van der Waals surface area contributed by atoms with Crippen molar-refractivity contribution in [1.82, 2.24) is 43.0 Å². The van der Waals surface area contributed by atoms with E-state index in [-0.39, 0.29) is 17.7 Å². The van der Waals surface area contributed by atoms with Crippen LogP contribution in [0.4, 0.5) is 0 Å². The van der Waals surface area contributed by atoms with Gasteiger partial charge in [0.25, 0.3) is 0 Å². The summed E-state index contributed by atoms with van der Waals surface area (Å²) >= 11 is 6.30. The van der Waals surface area contributed by atoms with Crippen molar-refractivity contribution in [3.05, 3.63) is 0 Å². The second kappa shape index (κ2) is 3.98. The molecule has 3 saturated heterocycles. The van der Waals surface area contributed by atoms with Crippen LogP contribution in [0, 0.1) is 0 Å². The normalized spacial score (nSPS) is 51.0. The third-order valence-electron chi connectivity index (χ3n) is 4.14. The first-order chi connectivity index (χ1) is 8.34. The topological polar surface area (TPSA) is 78.7 Å². The first-order valence-electron chi connectivity index (χ1n) is 6.08. The van der Waals surface area contributed by atoms with Crippen molar-refractivity contribution >= 4 is 11.6 Å². The standard InChI is InChI=1S/C8H17ClN8/c9-4-1-2-5-6(3-4)17-8(11-13-15-17)7-10-12-14-16(5)7/h4-8,10-15H,1-3H2. The van der Waals surface area contributed by atoms with Gasteiger partial charge in [0.2, 0.25) is 0 Å². The van der Waals surface area contributed by atoms with Crippen molar-refractivity contribution < 1.29 is 0 Å². The van der Waals surface area contributed by atoms with Crippen molar-refractivity contribution in [2.75, 3.05) is 0 Å². The molecule has 1 aliphatic carbocycles. The number of hydrazine groups is 6. The zero-order valence-electron chi connectivity index (χ0n) is 9.28. The summed E-state index contributed by atoms with van der Waals surface area (Å²) in [7, 11) is 0. The molecule has 0 radical (unpaired) electrons. The third-order valence-corrected chi connectivity index (χ3v) is 4.54. The van der Waals surface area contributed by atoms with Crippen molar-refractivity contribution in [2.45, 2.75) is 49.1 Å². The molecular formula is C8H17ClN8. The molecule has 5 atom stereocenters. The first-order valence-corrected chi connectivity index (χ1v) is 6.51. The highest BCUT2D eigenvalue weighted by atomic mass is 35.5. The van der Waals surface area contributed by atoms with Crippen molar-refractivity contribution in [1.29, 1.82) is 0 Å². The number of halogens is 1. The summed E-state index contributed by atoms with van der Waals surface area (Å²) in [6, 6.07) is 0.868. The van der Waals surface area contributed by atoms with Gasteiger partial charge >= 0.3 is 0 Å². The van der Waals surface area contributed by atoms with E-state index in [1.165, 1.54) is 0 Å². The largest absolute Gasteiger partial charge is 0.221 e. The summed E-state index contributed by atoms with van der Waals surface area (Å²) in [6.07, 6.45) is 3.54. The molecule has 6 N–H and O–H groups in total. The number of piperazine rings is 1. The number of nitrogens with zero attached hydrogens (tertiary/aromatic N) is 2. The molecule has 0 spiro atoms. The Morgan fingerprint density at radius 2 is 1.53 bits per heavy atom. The van der Waals surface area contributed by atoms with Crippen molar-refractivity contribution in [2.24, 2.45) is 0 Å². The number of hydrogen-bond donors (Lipinski definition) is 6. The molecule has 3 aliphatic heterocycles. The van der Waals surface area contributed by atoms with Crippen LogP contribution in [-0.4, -0.2) is 39.8 Å². The molecule has 0 bridgehead atoms. The van der Waals surface area contributed by atoms with Gasteiger partial charge in [0.15, 0.2) is 0 Å². The van der Waals surface area contributed by atoms with E-state index in [0.29, 0.717) is 12.1 Å². The van der Waals surface area contributed by atoms with Gasteiger partial charge in [0.05, 0.1) is 0 Å². The Bertz CT molecular complexity index is 316. The zero-order chi connectivity index (χ0) is 11.4. The Morgan fingerprint density at radius 1 is 0.882 bits per heavy atom. The van der Waals surface area contributed by atoms with E-state index in [4.69, 9.17) is 11.6 Å². The molecule has 1 saturated carbocycles. The van der Waals surface area contributed by atoms with E-state index in [2.05, 4.69) is 43.0 Å². The van der Waals surface area contributed by atoms with Crippen LogP contribution in [0.25, 0.3) is 0 Å².